The van der Waals surface area contributed by atoms with Crippen LogP contribution in [0.3, 0.4) is 0 Å². The monoisotopic (exact) mass is 227 g/mol. The minimum Gasteiger partial charge on any atom is -0.464 e. The number of rotatable bonds is 4. The van der Waals surface area contributed by atoms with Crippen LogP contribution in [0.4, 0.5) is 0 Å². The Morgan fingerprint density at radius 2 is 2.00 bits per heavy atom. The second-order valence-corrected chi connectivity index (χ2v) is 2.91. The Morgan fingerprint density at radius 3 is 2.50 bits per heavy atom. The van der Waals surface area contributed by atoms with Crippen LogP contribution in [0.5, 0.6) is 0 Å². The molecule has 1 aromatic rings. The average molecular weight is 227 g/mol. The second kappa shape index (κ2) is 5.26. The van der Waals surface area contributed by atoms with E-state index in [1.165, 1.54) is 25.0 Å². The van der Waals surface area contributed by atoms with Crippen molar-refractivity contribution in [3.05, 3.63) is 17.5 Å². The number of carbonyl (C=O) groups is 2. The van der Waals surface area contributed by atoms with E-state index in [2.05, 4.69) is 14.6 Å². The van der Waals surface area contributed by atoms with Crippen LogP contribution in [0, 0.1) is 0 Å². The molecule has 7 nitrogen and oxygen atoms in total. The van der Waals surface area contributed by atoms with Crippen LogP contribution in [0.1, 0.15) is 21.0 Å². The standard InChI is InChI=1S/C9H13N3O4/c1-15-8(13)6-5-7(9(14)16-2)12(11-6)4-3-10/h5H,3-4,10H2,1-2H3. The van der Waals surface area contributed by atoms with Gasteiger partial charge < -0.3 is 15.2 Å². The zero-order valence-corrected chi connectivity index (χ0v) is 9.10. The molecule has 88 valence electrons. The van der Waals surface area contributed by atoms with Crippen LogP contribution in [0.15, 0.2) is 6.07 Å². The molecule has 0 saturated heterocycles. The van der Waals surface area contributed by atoms with Crippen molar-refractivity contribution in [1.82, 2.24) is 9.78 Å². The number of ether oxygens (including phenoxy) is 2. The van der Waals surface area contributed by atoms with Gasteiger partial charge in [-0.3, -0.25) is 4.68 Å². The van der Waals surface area contributed by atoms with Gasteiger partial charge in [0.1, 0.15) is 5.69 Å². The summed E-state index contributed by atoms with van der Waals surface area (Å²) in [4.78, 5) is 22.6. The Hall–Kier alpha value is -1.89. The van der Waals surface area contributed by atoms with Crippen molar-refractivity contribution in [2.45, 2.75) is 6.54 Å². The normalized spacial score (nSPS) is 9.94. The van der Waals surface area contributed by atoms with Crippen molar-refractivity contribution in [2.75, 3.05) is 20.8 Å². The number of hydrogen-bond acceptors (Lipinski definition) is 6. The average Bonchev–Trinajstić information content (AvgIpc) is 2.71. The summed E-state index contributed by atoms with van der Waals surface area (Å²) in [5, 5.41) is 3.90. The Morgan fingerprint density at radius 1 is 1.38 bits per heavy atom. The Labute approximate surface area is 92.1 Å². The van der Waals surface area contributed by atoms with Gasteiger partial charge in [0.05, 0.1) is 20.8 Å². The van der Waals surface area contributed by atoms with Gasteiger partial charge in [0.25, 0.3) is 0 Å². The van der Waals surface area contributed by atoms with Crippen LogP contribution in [-0.4, -0.2) is 42.5 Å². The number of hydrogen-bond donors (Lipinski definition) is 1. The molecule has 1 heterocycles. The van der Waals surface area contributed by atoms with Crippen molar-refractivity contribution in [3.63, 3.8) is 0 Å². The molecule has 0 saturated carbocycles. The lowest BCUT2D eigenvalue weighted by Crippen LogP contribution is -2.17. The molecule has 2 N–H and O–H groups in total. The lowest BCUT2D eigenvalue weighted by molar-refractivity contribution is 0.0581. The topological polar surface area (TPSA) is 96.4 Å². The zero-order valence-electron chi connectivity index (χ0n) is 9.10. The van der Waals surface area contributed by atoms with Crippen molar-refractivity contribution >= 4 is 11.9 Å². The molecule has 1 rings (SSSR count). The lowest BCUT2D eigenvalue weighted by atomic mass is 10.3. The van der Waals surface area contributed by atoms with E-state index in [0.29, 0.717) is 13.1 Å². The predicted octanol–water partition coefficient (Wildman–Crippen LogP) is -0.585. The lowest BCUT2D eigenvalue weighted by Gasteiger charge is -2.02. The van der Waals surface area contributed by atoms with Gasteiger partial charge in [-0.25, -0.2) is 9.59 Å². The van der Waals surface area contributed by atoms with E-state index in [-0.39, 0.29) is 11.4 Å². The number of nitrogens with two attached hydrogens (primary N) is 1. The molecule has 0 spiro atoms. The second-order valence-electron chi connectivity index (χ2n) is 2.91. The fraction of sp³-hybridized carbons (Fsp3) is 0.444. The van der Waals surface area contributed by atoms with E-state index in [0.717, 1.165) is 0 Å². The highest BCUT2D eigenvalue weighted by Crippen LogP contribution is 2.07. The summed E-state index contributed by atoms with van der Waals surface area (Å²) in [6, 6.07) is 1.31. The van der Waals surface area contributed by atoms with Gasteiger partial charge >= 0.3 is 11.9 Å². The summed E-state index contributed by atoms with van der Waals surface area (Å²) < 4.78 is 10.4. The van der Waals surface area contributed by atoms with E-state index in [4.69, 9.17) is 5.73 Å². The molecule has 0 amide bonds. The van der Waals surface area contributed by atoms with Crippen LogP contribution < -0.4 is 5.73 Å². The molecule has 7 heteroatoms. The summed E-state index contributed by atoms with van der Waals surface area (Å²) in [5.74, 6) is -1.18. The van der Waals surface area contributed by atoms with Gasteiger partial charge in [-0.15, -0.1) is 0 Å². The van der Waals surface area contributed by atoms with Gasteiger partial charge in [0.2, 0.25) is 0 Å². The highest BCUT2D eigenvalue weighted by Gasteiger charge is 2.19. The third kappa shape index (κ3) is 2.37. The summed E-state index contributed by atoms with van der Waals surface area (Å²) >= 11 is 0. The molecule has 0 bridgehead atoms. The predicted molar refractivity (Wildman–Crippen MR) is 54.0 cm³/mol. The molecule has 0 atom stereocenters. The maximum Gasteiger partial charge on any atom is 0.358 e. The molecule has 0 unspecified atom stereocenters. The van der Waals surface area contributed by atoms with Gasteiger partial charge in [0.15, 0.2) is 5.69 Å². The molecule has 16 heavy (non-hydrogen) atoms. The van der Waals surface area contributed by atoms with Gasteiger partial charge in [-0.05, 0) is 0 Å². The van der Waals surface area contributed by atoms with Crippen LogP contribution >= 0.6 is 0 Å². The maximum absolute atomic E-state index is 11.4. The number of aromatic nitrogens is 2. The van der Waals surface area contributed by atoms with Crippen molar-refractivity contribution in [3.8, 4) is 0 Å². The highest BCUT2D eigenvalue weighted by molar-refractivity contribution is 5.93. The zero-order chi connectivity index (χ0) is 12.1. The fourth-order valence-corrected chi connectivity index (χ4v) is 1.18. The van der Waals surface area contributed by atoms with Gasteiger partial charge in [-0.1, -0.05) is 0 Å². The summed E-state index contributed by atoms with van der Waals surface area (Å²) in [6.07, 6.45) is 0. The van der Waals surface area contributed by atoms with Crippen molar-refractivity contribution < 1.29 is 19.1 Å². The molecular formula is C9H13N3O4. The van der Waals surface area contributed by atoms with E-state index < -0.39 is 11.9 Å². The summed E-state index contributed by atoms with van der Waals surface area (Å²) in [6.45, 7) is 0.619. The van der Waals surface area contributed by atoms with Gasteiger partial charge in [-0.2, -0.15) is 5.10 Å². The first-order chi connectivity index (χ1) is 7.63. The molecule has 1 aromatic heterocycles. The highest BCUT2D eigenvalue weighted by atomic mass is 16.5. The first kappa shape index (κ1) is 12.2. The molecule has 0 fully saturated rings. The van der Waals surface area contributed by atoms with Crippen molar-refractivity contribution in [1.29, 1.82) is 0 Å². The summed E-state index contributed by atoms with van der Waals surface area (Å²) in [5.41, 5.74) is 5.59. The minimum atomic E-state index is -0.610. The minimum absolute atomic E-state index is 0.0522. The van der Waals surface area contributed by atoms with E-state index in [1.807, 2.05) is 0 Å². The quantitative estimate of drug-likeness (QED) is 0.691. The Kier molecular flexibility index (Phi) is 4.01. The van der Waals surface area contributed by atoms with E-state index >= 15 is 0 Å². The van der Waals surface area contributed by atoms with E-state index in [9.17, 15) is 9.59 Å². The third-order valence-corrected chi connectivity index (χ3v) is 1.91. The van der Waals surface area contributed by atoms with Crippen LogP contribution in [0.25, 0.3) is 0 Å². The molecule has 0 aliphatic carbocycles. The third-order valence-electron chi connectivity index (χ3n) is 1.91. The molecule has 0 aliphatic heterocycles. The first-order valence-corrected chi connectivity index (χ1v) is 4.58. The smallest absolute Gasteiger partial charge is 0.358 e. The SMILES string of the molecule is COC(=O)c1cc(C(=O)OC)n(CCN)n1. The van der Waals surface area contributed by atoms with Crippen LogP contribution in [-0.2, 0) is 16.0 Å². The molecule has 0 radical (unpaired) electrons. The first-order valence-electron chi connectivity index (χ1n) is 4.58. The van der Waals surface area contributed by atoms with Gasteiger partial charge in [0, 0.05) is 12.6 Å². The maximum atomic E-state index is 11.4. The Balaban J connectivity index is 3.09. The van der Waals surface area contributed by atoms with Crippen LogP contribution in [0.2, 0.25) is 0 Å². The molecular weight excluding hydrogens is 214 g/mol. The molecule has 0 aliphatic rings. The molecule has 0 aromatic carbocycles. The number of nitrogens with zero attached hydrogens (tertiary/aromatic N) is 2. The fourth-order valence-electron chi connectivity index (χ4n) is 1.18. The Bertz CT molecular complexity index is 399. The summed E-state index contributed by atoms with van der Waals surface area (Å²) in [7, 11) is 2.49. The largest absolute Gasteiger partial charge is 0.464 e. The van der Waals surface area contributed by atoms with E-state index in [1.54, 1.807) is 0 Å². The number of esters is 2. The number of methoxy groups -OCH3 is 2. The number of carbonyl (C=O) groups excluding carboxylic acids is 2. The van der Waals surface area contributed by atoms with Crippen molar-refractivity contribution in [2.24, 2.45) is 5.73 Å².